The van der Waals surface area contributed by atoms with Gasteiger partial charge in [-0.15, -0.1) is 0 Å². The Hall–Kier alpha value is -4.22. The van der Waals surface area contributed by atoms with E-state index in [9.17, 15) is 9.59 Å². The zero-order chi connectivity index (χ0) is 23.9. The summed E-state index contributed by atoms with van der Waals surface area (Å²) in [5, 5.41) is 1.74. The Labute approximate surface area is 204 Å². The zero-order valence-electron chi connectivity index (χ0n) is 19.2. The number of carbonyl (C=O) groups is 2. The molecular formula is C30H24N2O3. The first-order valence-electron chi connectivity index (χ1n) is 11.7. The molecule has 0 N–H and O–H groups in total. The number of carbonyl (C=O) groups excluding carboxylic acids is 2. The van der Waals surface area contributed by atoms with Crippen molar-refractivity contribution in [3.63, 3.8) is 0 Å². The predicted molar refractivity (Wildman–Crippen MR) is 136 cm³/mol. The van der Waals surface area contributed by atoms with Crippen LogP contribution in [0.25, 0.3) is 11.1 Å². The third-order valence-corrected chi connectivity index (χ3v) is 6.84. The van der Waals surface area contributed by atoms with Gasteiger partial charge < -0.3 is 0 Å². The van der Waals surface area contributed by atoms with Gasteiger partial charge in [-0.05, 0) is 53.4 Å². The SMILES string of the molecule is Cc1ccccc1[C@@H]1[C@H]2C(=O)N(c3cccc(-c4ccccc4)c3)C(=O)[C@H]2ON1c1ccccc1. The minimum absolute atomic E-state index is 0.239. The molecular weight excluding hydrogens is 436 g/mol. The quantitative estimate of drug-likeness (QED) is 0.366. The Bertz CT molecular complexity index is 1400. The second kappa shape index (κ2) is 8.53. The van der Waals surface area contributed by atoms with E-state index < -0.39 is 18.1 Å². The maximum Gasteiger partial charge on any atom is 0.266 e. The topological polar surface area (TPSA) is 49.9 Å². The number of anilines is 2. The lowest BCUT2D eigenvalue weighted by Gasteiger charge is -2.29. The third-order valence-electron chi connectivity index (χ3n) is 6.84. The van der Waals surface area contributed by atoms with E-state index in [2.05, 4.69) is 0 Å². The molecule has 2 fully saturated rings. The Kier molecular flexibility index (Phi) is 5.20. The number of para-hydroxylation sites is 1. The summed E-state index contributed by atoms with van der Waals surface area (Å²) in [7, 11) is 0. The lowest BCUT2D eigenvalue weighted by molar-refractivity contribution is -0.126. The van der Waals surface area contributed by atoms with Crippen LogP contribution >= 0.6 is 0 Å². The Morgan fingerprint density at radius 2 is 1.29 bits per heavy atom. The minimum atomic E-state index is -0.882. The van der Waals surface area contributed by atoms with Crippen LogP contribution in [0.3, 0.4) is 0 Å². The van der Waals surface area contributed by atoms with Gasteiger partial charge in [0.15, 0.2) is 6.10 Å². The van der Waals surface area contributed by atoms with Gasteiger partial charge in [-0.1, -0.05) is 84.9 Å². The first-order valence-corrected chi connectivity index (χ1v) is 11.7. The minimum Gasteiger partial charge on any atom is -0.273 e. The molecule has 2 aliphatic rings. The number of hydroxylamine groups is 1. The van der Waals surface area contributed by atoms with E-state index in [0.717, 1.165) is 27.9 Å². The van der Waals surface area contributed by atoms with Crippen LogP contribution in [0.15, 0.2) is 109 Å². The molecule has 2 saturated heterocycles. The van der Waals surface area contributed by atoms with Crippen molar-refractivity contribution in [2.24, 2.45) is 5.92 Å². The van der Waals surface area contributed by atoms with E-state index in [1.54, 1.807) is 11.1 Å². The number of nitrogens with zero attached hydrogens (tertiary/aromatic N) is 2. The molecule has 2 heterocycles. The molecule has 0 aliphatic carbocycles. The third kappa shape index (κ3) is 3.52. The fraction of sp³-hybridized carbons (Fsp3) is 0.133. The molecule has 35 heavy (non-hydrogen) atoms. The van der Waals surface area contributed by atoms with Crippen LogP contribution in [0.1, 0.15) is 17.2 Å². The first-order chi connectivity index (χ1) is 17.1. The van der Waals surface area contributed by atoms with Crippen LogP contribution in [-0.2, 0) is 14.4 Å². The first kappa shape index (κ1) is 21.3. The maximum atomic E-state index is 13.9. The molecule has 2 amide bonds. The monoisotopic (exact) mass is 460 g/mol. The van der Waals surface area contributed by atoms with Gasteiger partial charge >= 0.3 is 0 Å². The molecule has 0 spiro atoms. The second-order valence-corrected chi connectivity index (χ2v) is 8.94. The molecule has 6 rings (SSSR count). The maximum absolute atomic E-state index is 13.9. The summed E-state index contributed by atoms with van der Waals surface area (Å²) in [6, 6.07) is 34.7. The van der Waals surface area contributed by atoms with Crippen molar-refractivity contribution in [1.82, 2.24) is 0 Å². The normalized spacial score (nSPS) is 21.5. The summed E-state index contributed by atoms with van der Waals surface area (Å²) in [5.74, 6) is -1.22. The molecule has 0 saturated carbocycles. The summed E-state index contributed by atoms with van der Waals surface area (Å²) in [6.45, 7) is 2.02. The van der Waals surface area contributed by atoms with Crippen molar-refractivity contribution in [1.29, 1.82) is 0 Å². The van der Waals surface area contributed by atoms with Crippen LogP contribution in [0.4, 0.5) is 11.4 Å². The predicted octanol–water partition coefficient (Wildman–Crippen LogP) is 5.71. The van der Waals surface area contributed by atoms with Crippen LogP contribution in [-0.4, -0.2) is 17.9 Å². The molecule has 172 valence electrons. The largest absolute Gasteiger partial charge is 0.273 e. The number of rotatable bonds is 4. The molecule has 5 heteroatoms. The van der Waals surface area contributed by atoms with Crippen LogP contribution in [0.2, 0.25) is 0 Å². The van der Waals surface area contributed by atoms with E-state index in [0.29, 0.717) is 5.69 Å². The van der Waals surface area contributed by atoms with E-state index in [4.69, 9.17) is 4.84 Å². The number of aryl methyl sites for hydroxylation is 1. The summed E-state index contributed by atoms with van der Waals surface area (Å²) in [4.78, 5) is 35.1. The number of imide groups is 1. The average molecular weight is 461 g/mol. The number of amides is 2. The average Bonchev–Trinajstić information content (AvgIpc) is 3.41. The van der Waals surface area contributed by atoms with Gasteiger partial charge in [-0.3, -0.25) is 14.4 Å². The highest BCUT2D eigenvalue weighted by atomic mass is 16.7. The van der Waals surface area contributed by atoms with Crippen molar-refractivity contribution < 1.29 is 14.4 Å². The number of hydrogen-bond acceptors (Lipinski definition) is 4. The lowest BCUT2D eigenvalue weighted by Crippen LogP contribution is -2.37. The molecule has 0 aromatic heterocycles. The summed E-state index contributed by atoms with van der Waals surface area (Å²) < 4.78 is 0. The molecule has 2 aliphatic heterocycles. The van der Waals surface area contributed by atoms with Crippen LogP contribution in [0.5, 0.6) is 0 Å². The highest BCUT2D eigenvalue weighted by Crippen LogP contribution is 2.48. The Balaban J connectivity index is 1.41. The summed E-state index contributed by atoms with van der Waals surface area (Å²) in [6.07, 6.45) is -0.882. The Morgan fingerprint density at radius 1 is 0.657 bits per heavy atom. The van der Waals surface area contributed by atoms with E-state index in [1.165, 1.54) is 4.90 Å². The summed E-state index contributed by atoms with van der Waals surface area (Å²) in [5.41, 5.74) is 5.38. The fourth-order valence-electron chi connectivity index (χ4n) is 5.16. The molecule has 4 aromatic rings. The van der Waals surface area contributed by atoms with Gasteiger partial charge in [0.1, 0.15) is 5.92 Å². The molecule has 5 nitrogen and oxygen atoms in total. The van der Waals surface area contributed by atoms with Crippen molar-refractivity contribution in [3.8, 4) is 11.1 Å². The zero-order valence-corrected chi connectivity index (χ0v) is 19.2. The van der Waals surface area contributed by atoms with Crippen molar-refractivity contribution in [3.05, 3.63) is 120 Å². The van der Waals surface area contributed by atoms with Gasteiger partial charge in [0.2, 0.25) is 5.91 Å². The summed E-state index contributed by atoms with van der Waals surface area (Å²) >= 11 is 0. The van der Waals surface area contributed by atoms with Crippen molar-refractivity contribution in [2.45, 2.75) is 19.1 Å². The molecule has 3 atom stereocenters. The van der Waals surface area contributed by atoms with E-state index in [-0.39, 0.29) is 11.8 Å². The van der Waals surface area contributed by atoms with Gasteiger partial charge in [-0.2, -0.15) is 0 Å². The molecule has 0 radical (unpaired) electrons. The highest BCUT2D eigenvalue weighted by molar-refractivity contribution is 6.24. The van der Waals surface area contributed by atoms with Crippen LogP contribution in [0, 0.1) is 12.8 Å². The van der Waals surface area contributed by atoms with E-state index >= 15 is 0 Å². The number of hydrogen-bond donors (Lipinski definition) is 0. The van der Waals surface area contributed by atoms with Gasteiger partial charge in [0.05, 0.1) is 17.4 Å². The second-order valence-electron chi connectivity index (χ2n) is 8.94. The number of fused-ring (bicyclic) bond motifs is 1. The van der Waals surface area contributed by atoms with Gasteiger partial charge in [-0.25, -0.2) is 9.96 Å². The molecule has 4 aromatic carbocycles. The fourth-order valence-corrected chi connectivity index (χ4v) is 5.16. The molecule has 0 unspecified atom stereocenters. The Morgan fingerprint density at radius 3 is 2.03 bits per heavy atom. The van der Waals surface area contributed by atoms with Crippen molar-refractivity contribution in [2.75, 3.05) is 9.96 Å². The number of benzene rings is 4. The highest BCUT2D eigenvalue weighted by Gasteiger charge is 2.60. The smallest absolute Gasteiger partial charge is 0.266 e. The standard InChI is InChI=1S/C30H24N2O3/c1-20-11-8-9-18-25(20)27-26-28(35-32(27)23-15-6-3-7-16-23)30(34)31(29(26)33)24-17-10-14-22(19-24)21-12-4-2-5-13-21/h2-19,26-28H,1H3/t26-,27-,28+/m1/s1. The van der Waals surface area contributed by atoms with Crippen molar-refractivity contribution >= 4 is 23.2 Å². The molecule has 0 bridgehead atoms. The van der Waals surface area contributed by atoms with Crippen LogP contribution < -0.4 is 9.96 Å². The van der Waals surface area contributed by atoms with E-state index in [1.807, 2.05) is 110 Å². The lowest BCUT2D eigenvalue weighted by atomic mass is 9.88. The van der Waals surface area contributed by atoms with Gasteiger partial charge in [0.25, 0.3) is 5.91 Å². The van der Waals surface area contributed by atoms with Gasteiger partial charge in [0, 0.05) is 0 Å².